The van der Waals surface area contributed by atoms with Crippen molar-refractivity contribution in [1.29, 1.82) is 0 Å². The van der Waals surface area contributed by atoms with E-state index < -0.39 is 0 Å². The molecule has 0 saturated carbocycles. The fourth-order valence-corrected chi connectivity index (χ4v) is 8.09. The monoisotopic (exact) mass is 662 g/mol. The maximum atomic E-state index is 7.00. The first kappa shape index (κ1) is 28.9. The van der Waals surface area contributed by atoms with Gasteiger partial charge >= 0.3 is 0 Å². The molecule has 0 N–H and O–H groups in total. The Labute approximate surface area is 300 Å². The highest BCUT2D eigenvalue weighted by atomic mass is 16.3. The standard InChI is InChI=1S/C46H27BN4O/c47-36-23-11-8-20-33(36)43-34-21-9-12-24-37(34)48-46(49-43)51-44-42(32-19-7-6-18-31(32)40-35-22-10-13-25-39(35)52-45(40)44)41-30-17-5-4-14-28(30)26-27-38(41)50(51)29-15-2-1-3-16-29/h1-27H. The minimum atomic E-state index is 0.498. The molecule has 0 fully saturated rings. The molecule has 0 bridgehead atoms. The number of hydrogen-bond acceptors (Lipinski definition) is 5. The van der Waals surface area contributed by atoms with Gasteiger partial charge in [0.1, 0.15) is 19.1 Å². The highest BCUT2D eigenvalue weighted by molar-refractivity contribution is 6.36. The minimum absolute atomic E-state index is 0.498. The van der Waals surface area contributed by atoms with Gasteiger partial charge in [0.05, 0.1) is 22.6 Å². The van der Waals surface area contributed by atoms with Crippen LogP contribution >= 0.6 is 0 Å². The van der Waals surface area contributed by atoms with Gasteiger partial charge in [-0.1, -0.05) is 139 Å². The zero-order valence-corrected chi connectivity index (χ0v) is 27.9. The molecular weight excluding hydrogens is 635 g/mol. The summed E-state index contributed by atoms with van der Waals surface area (Å²) in [5.41, 5.74) is 9.71. The van der Waals surface area contributed by atoms with Crippen LogP contribution in [0.2, 0.25) is 0 Å². The summed E-state index contributed by atoms with van der Waals surface area (Å²) in [4.78, 5) is 10.8. The Morgan fingerprint density at radius 2 is 1.17 bits per heavy atom. The van der Waals surface area contributed by atoms with Crippen LogP contribution in [0.1, 0.15) is 0 Å². The molecule has 2 radical (unpaired) electrons. The number of fused-ring (bicyclic) bond motifs is 13. The molecule has 10 aromatic rings. The lowest BCUT2D eigenvalue weighted by atomic mass is 9.87. The Hall–Kier alpha value is -6.92. The van der Waals surface area contributed by atoms with E-state index in [2.05, 4.69) is 113 Å². The van der Waals surface area contributed by atoms with Crippen molar-refractivity contribution >= 4 is 90.7 Å². The average molecular weight is 663 g/mol. The van der Waals surface area contributed by atoms with Gasteiger partial charge < -0.3 is 4.42 Å². The molecule has 1 aliphatic heterocycles. The highest BCUT2D eigenvalue weighted by Gasteiger charge is 2.38. The van der Waals surface area contributed by atoms with Crippen LogP contribution in [0.4, 0.5) is 23.0 Å². The van der Waals surface area contributed by atoms with Gasteiger partial charge in [0, 0.05) is 27.3 Å². The van der Waals surface area contributed by atoms with Crippen molar-refractivity contribution in [2.45, 2.75) is 0 Å². The zero-order valence-electron chi connectivity index (χ0n) is 27.9. The zero-order chi connectivity index (χ0) is 34.3. The molecule has 52 heavy (non-hydrogen) atoms. The number of furan rings is 1. The fourth-order valence-electron chi connectivity index (χ4n) is 8.09. The van der Waals surface area contributed by atoms with Crippen molar-refractivity contribution in [3.8, 4) is 22.4 Å². The summed E-state index contributed by atoms with van der Waals surface area (Å²) in [6.45, 7) is 0. The summed E-state index contributed by atoms with van der Waals surface area (Å²) < 4.78 is 7.00. The lowest BCUT2D eigenvalue weighted by molar-refractivity contribution is 0.667. The molecule has 0 unspecified atom stereocenters. The third-order valence-corrected chi connectivity index (χ3v) is 10.3. The molecule has 0 atom stereocenters. The molecule has 6 heteroatoms. The van der Waals surface area contributed by atoms with Crippen LogP contribution in [0.15, 0.2) is 168 Å². The van der Waals surface area contributed by atoms with Crippen molar-refractivity contribution in [3.05, 3.63) is 164 Å². The highest BCUT2D eigenvalue weighted by Crippen LogP contribution is 2.57. The summed E-state index contributed by atoms with van der Waals surface area (Å²) in [6.07, 6.45) is 0. The topological polar surface area (TPSA) is 45.4 Å². The SMILES string of the molecule is [B]c1ccccc1-c1nc(N2c3c(c4ccccc4c4c3oc3ccccc34)-c3c(ccc4ccccc34)N2c2ccccc2)nc2ccccc12. The third-order valence-electron chi connectivity index (χ3n) is 10.3. The van der Waals surface area contributed by atoms with E-state index >= 15 is 0 Å². The average Bonchev–Trinajstić information content (AvgIpc) is 3.60. The van der Waals surface area contributed by atoms with Gasteiger partial charge in [-0.25, -0.2) is 20.0 Å². The van der Waals surface area contributed by atoms with Crippen molar-refractivity contribution in [1.82, 2.24) is 9.97 Å². The Bertz CT molecular complexity index is 3060. The second-order valence-electron chi connectivity index (χ2n) is 13.2. The summed E-state index contributed by atoms with van der Waals surface area (Å²) >= 11 is 0. The van der Waals surface area contributed by atoms with Gasteiger partial charge in [-0.3, -0.25) is 0 Å². The van der Waals surface area contributed by atoms with Crippen LogP contribution in [0.3, 0.4) is 0 Å². The van der Waals surface area contributed by atoms with Crippen LogP contribution in [0, 0.1) is 0 Å². The number of benzene rings is 8. The predicted molar refractivity (Wildman–Crippen MR) is 215 cm³/mol. The molecule has 240 valence electrons. The Morgan fingerprint density at radius 3 is 2.02 bits per heavy atom. The van der Waals surface area contributed by atoms with Gasteiger partial charge in [0.2, 0.25) is 0 Å². The fraction of sp³-hybridized carbons (Fsp3) is 0. The molecular formula is C46H27BN4O. The van der Waals surface area contributed by atoms with Gasteiger partial charge in [0.15, 0.2) is 5.58 Å². The Morgan fingerprint density at radius 1 is 0.500 bits per heavy atom. The maximum Gasteiger partial charge on any atom is 0.251 e. The van der Waals surface area contributed by atoms with E-state index in [9.17, 15) is 0 Å². The number of hydrogen-bond donors (Lipinski definition) is 0. The molecule has 2 aromatic heterocycles. The van der Waals surface area contributed by atoms with Crippen molar-refractivity contribution < 1.29 is 4.42 Å². The first-order valence-electron chi connectivity index (χ1n) is 17.4. The molecule has 3 heterocycles. The molecule has 5 nitrogen and oxygen atoms in total. The van der Waals surface area contributed by atoms with E-state index in [1.54, 1.807) is 0 Å². The summed E-state index contributed by atoms with van der Waals surface area (Å²) in [5, 5.41) is 12.0. The number of nitrogens with zero attached hydrogens (tertiary/aromatic N) is 4. The van der Waals surface area contributed by atoms with Gasteiger partial charge in [-0.05, 0) is 57.4 Å². The van der Waals surface area contributed by atoms with Crippen molar-refractivity contribution in [2.75, 3.05) is 10.0 Å². The maximum absolute atomic E-state index is 7.00. The molecule has 0 amide bonds. The summed E-state index contributed by atoms with van der Waals surface area (Å²) in [6, 6.07) is 56.5. The van der Waals surface area contributed by atoms with Crippen LogP contribution < -0.4 is 15.5 Å². The molecule has 8 aromatic carbocycles. The first-order valence-corrected chi connectivity index (χ1v) is 17.4. The van der Waals surface area contributed by atoms with E-state index in [-0.39, 0.29) is 0 Å². The van der Waals surface area contributed by atoms with E-state index in [0.717, 1.165) is 93.8 Å². The lowest BCUT2D eigenvalue weighted by Gasteiger charge is -2.43. The van der Waals surface area contributed by atoms with Gasteiger partial charge in [-0.2, -0.15) is 0 Å². The molecule has 0 saturated heterocycles. The van der Waals surface area contributed by atoms with E-state index in [4.69, 9.17) is 22.2 Å². The van der Waals surface area contributed by atoms with Crippen LogP contribution in [-0.2, 0) is 0 Å². The van der Waals surface area contributed by atoms with Crippen LogP contribution in [0.5, 0.6) is 0 Å². The largest absolute Gasteiger partial charge is 0.454 e. The van der Waals surface area contributed by atoms with Gasteiger partial charge in [0.25, 0.3) is 5.95 Å². The van der Waals surface area contributed by atoms with Crippen molar-refractivity contribution in [3.63, 3.8) is 0 Å². The van der Waals surface area contributed by atoms with Crippen molar-refractivity contribution in [2.24, 2.45) is 0 Å². The first-order chi connectivity index (χ1) is 25.7. The molecule has 0 aliphatic carbocycles. The van der Waals surface area contributed by atoms with Crippen LogP contribution in [0.25, 0.3) is 76.8 Å². The number of anilines is 4. The Balaban J connectivity index is 1.37. The number of para-hydroxylation sites is 3. The summed E-state index contributed by atoms with van der Waals surface area (Å²) in [5.74, 6) is 0.498. The van der Waals surface area contributed by atoms with E-state index in [1.807, 2.05) is 60.7 Å². The van der Waals surface area contributed by atoms with E-state index in [1.165, 1.54) is 0 Å². The Kier molecular flexibility index (Phi) is 6.13. The summed E-state index contributed by atoms with van der Waals surface area (Å²) in [7, 11) is 6.66. The normalized spacial score (nSPS) is 12.6. The predicted octanol–water partition coefficient (Wildman–Crippen LogP) is 11.2. The molecule has 11 rings (SSSR count). The smallest absolute Gasteiger partial charge is 0.251 e. The van der Waals surface area contributed by atoms with Gasteiger partial charge in [-0.15, -0.1) is 0 Å². The molecule has 1 aliphatic rings. The number of rotatable bonds is 3. The lowest BCUT2D eigenvalue weighted by Crippen LogP contribution is -2.40. The second-order valence-corrected chi connectivity index (χ2v) is 13.2. The molecule has 0 spiro atoms. The quantitative estimate of drug-likeness (QED) is 0.176. The number of aromatic nitrogens is 2. The second kappa shape index (κ2) is 11.0. The van der Waals surface area contributed by atoms with Crippen LogP contribution in [-0.4, -0.2) is 17.8 Å². The number of hydrazine groups is 1. The van der Waals surface area contributed by atoms with E-state index in [0.29, 0.717) is 11.4 Å². The minimum Gasteiger partial charge on any atom is -0.454 e. The third kappa shape index (κ3) is 4.06.